The maximum Gasteiger partial charge on any atom is 0.274 e. The molecule has 6 nitrogen and oxygen atoms in total. The molecule has 1 aliphatic heterocycles. The Labute approximate surface area is 147 Å². The van der Waals surface area contributed by atoms with Crippen LogP contribution in [0.3, 0.4) is 0 Å². The van der Waals surface area contributed by atoms with Gasteiger partial charge in [0, 0.05) is 11.6 Å². The molecule has 0 aromatic heterocycles. The van der Waals surface area contributed by atoms with Gasteiger partial charge in [0.15, 0.2) is 0 Å². The summed E-state index contributed by atoms with van der Waals surface area (Å²) in [7, 11) is -3.33. The molecule has 1 N–H and O–H groups in total. The number of nitrogens with one attached hydrogen (secondary N) is 1. The molecule has 0 aliphatic carbocycles. The van der Waals surface area contributed by atoms with Gasteiger partial charge in [-0.1, -0.05) is 30.3 Å². The Kier molecular flexibility index (Phi) is 4.78. The summed E-state index contributed by atoms with van der Waals surface area (Å²) in [4.78, 5) is 17.5. The van der Waals surface area contributed by atoms with Crippen LogP contribution < -0.4 is 9.79 Å². The smallest absolute Gasteiger partial charge is 0.269 e. The Morgan fingerprint density at radius 3 is 2.64 bits per heavy atom. The predicted octanol–water partition coefficient (Wildman–Crippen LogP) is 2.26. The SMILES string of the molecule is C[C@@H]1Cc2cc(C(=O)NOCc3ccccc3)ccc2N1S(C)(=O)=O. The number of carbonyl (C=O) groups excluding carboxylic acids is 1. The van der Waals surface area contributed by atoms with Crippen LogP contribution in [0.4, 0.5) is 5.69 Å². The molecule has 1 atom stereocenters. The summed E-state index contributed by atoms with van der Waals surface area (Å²) in [5.41, 5.74) is 5.29. The maximum atomic E-state index is 12.2. The number of rotatable bonds is 5. The molecule has 1 heterocycles. The molecule has 0 saturated heterocycles. The normalized spacial score (nSPS) is 16.6. The van der Waals surface area contributed by atoms with Gasteiger partial charge < -0.3 is 0 Å². The zero-order valence-electron chi connectivity index (χ0n) is 14.1. The van der Waals surface area contributed by atoms with E-state index in [0.29, 0.717) is 17.7 Å². The highest BCUT2D eigenvalue weighted by molar-refractivity contribution is 7.92. The lowest BCUT2D eigenvalue weighted by Crippen LogP contribution is -2.34. The van der Waals surface area contributed by atoms with E-state index in [4.69, 9.17) is 4.84 Å². The Bertz CT molecular complexity index is 881. The minimum Gasteiger partial charge on any atom is -0.269 e. The van der Waals surface area contributed by atoms with Crippen molar-refractivity contribution in [1.29, 1.82) is 0 Å². The zero-order valence-corrected chi connectivity index (χ0v) is 14.9. The largest absolute Gasteiger partial charge is 0.274 e. The maximum absolute atomic E-state index is 12.2. The van der Waals surface area contributed by atoms with Crippen LogP contribution in [0.1, 0.15) is 28.4 Å². The fraction of sp³-hybridized carbons (Fsp3) is 0.278. The number of carbonyl (C=O) groups is 1. The van der Waals surface area contributed by atoms with Crippen molar-refractivity contribution in [3.63, 3.8) is 0 Å². The van der Waals surface area contributed by atoms with Crippen molar-refractivity contribution in [2.45, 2.75) is 26.0 Å². The molecule has 0 bridgehead atoms. The van der Waals surface area contributed by atoms with Gasteiger partial charge in [-0.2, -0.15) is 0 Å². The van der Waals surface area contributed by atoms with E-state index in [0.717, 1.165) is 11.1 Å². The van der Waals surface area contributed by atoms with Crippen LogP contribution in [0.5, 0.6) is 0 Å². The van der Waals surface area contributed by atoms with Crippen LogP contribution in [-0.4, -0.2) is 26.6 Å². The molecular weight excluding hydrogens is 340 g/mol. The van der Waals surface area contributed by atoms with E-state index in [1.54, 1.807) is 18.2 Å². The number of hydrogen-bond donors (Lipinski definition) is 1. The highest BCUT2D eigenvalue weighted by atomic mass is 32.2. The Hall–Kier alpha value is -2.38. The first-order chi connectivity index (χ1) is 11.9. The van der Waals surface area contributed by atoms with Crippen LogP contribution in [-0.2, 0) is 27.9 Å². The van der Waals surface area contributed by atoms with Crippen molar-refractivity contribution in [2.24, 2.45) is 0 Å². The van der Waals surface area contributed by atoms with Gasteiger partial charge in [0.05, 0.1) is 18.6 Å². The van der Waals surface area contributed by atoms with Gasteiger partial charge >= 0.3 is 0 Å². The first-order valence-electron chi connectivity index (χ1n) is 7.94. The molecule has 0 saturated carbocycles. The fourth-order valence-electron chi connectivity index (χ4n) is 3.07. The first kappa shape index (κ1) is 17.4. The van der Waals surface area contributed by atoms with E-state index in [9.17, 15) is 13.2 Å². The molecule has 1 aliphatic rings. The lowest BCUT2D eigenvalue weighted by Gasteiger charge is -2.21. The highest BCUT2D eigenvalue weighted by Crippen LogP contribution is 2.34. The third kappa shape index (κ3) is 3.83. The topological polar surface area (TPSA) is 75.7 Å². The monoisotopic (exact) mass is 360 g/mol. The molecule has 0 spiro atoms. The van der Waals surface area contributed by atoms with Gasteiger partial charge in [0.2, 0.25) is 10.0 Å². The van der Waals surface area contributed by atoms with E-state index in [-0.39, 0.29) is 18.6 Å². The summed E-state index contributed by atoms with van der Waals surface area (Å²) in [6, 6.07) is 14.4. The molecule has 25 heavy (non-hydrogen) atoms. The number of benzene rings is 2. The quantitative estimate of drug-likeness (QED) is 0.830. The average Bonchev–Trinajstić information content (AvgIpc) is 2.90. The zero-order chi connectivity index (χ0) is 18.0. The lowest BCUT2D eigenvalue weighted by molar-refractivity contribution is 0.0233. The van der Waals surface area contributed by atoms with Crippen molar-refractivity contribution in [3.05, 3.63) is 65.2 Å². The molecule has 1 amide bonds. The lowest BCUT2D eigenvalue weighted by atomic mass is 10.1. The van der Waals surface area contributed by atoms with E-state index in [2.05, 4.69) is 5.48 Å². The molecular formula is C18H20N2O4S. The predicted molar refractivity (Wildman–Crippen MR) is 95.6 cm³/mol. The van der Waals surface area contributed by atoms with Crippen LogP contribution in [0, 0.1) is 0 Å². The minimum atomic E-state index is -3.33. The summed E-state index contributed by atoms with van der Waals surface area (Å²) in [5.74, 6) is -0.357. The second kappa shape index (κ2) is 6.85. The van der Waals surface area contributed by atoms with Gasteiger partial charge in [0.1, 0.15) is 0 Å². The molecule has 2 aromatic rings. The van der Waals surface area contributed by atoms with Crippen molar-refractivity contribution < 1.29 is 18.0 Å². The van der Waals surface area contributed by atoms with Gasteiger partial charge in [0.25, 0.3) is 5.91 Å². The van der Waals surface area contributed by atoms with E-state index in [1.807, 2.05) is 37.3 Å². The van der Waals surface area contributed by atoms with Crippen LogP contribution >= 0.6 is 0 Å². The van der Waals surface area contributed by atoms with Gasteiger partial charge in [-0.05, 0) is 42.7 Å². The van der Waals surface area contributed by atoms with Crippen LogP contribution in [0.15, 0.2) is 48.5 Å². The molecule has 132 valence electrons. The first-order valence-corrected chi connectivity index (χ1v) is 9.79. The summed E-state index contributed by atoms with van der Waals surface area (Å²) >= 11 is 0. The Morgan fingerprint density at radius 1 is 1.24 bits per heavy atom. The summed E-state index contributed by atoms with van der Waals surface area (Å²) in [6.07, 6.45) is 1.77. The Morgan fingerprint density at radius 2 is 1.96 bits per heavy atom. The number of hydrogen-bond acceptors (Lipinski definition) is 4. The fourth-order valence-corrected chi connectivity index (χ4v) is 4.33. The summed E-state index contributed by atoms with van der Waals surface area (Å²) in [5, 5.41) is 0. The third-order valence-corrected chi connectivity index (χ3v) is 5.37. The number of hydroxylamine groups is 1. The number of amides is 1. The Balaban J connectivity index is 1.68. The van der Waals surface area contributed by atoms with Crippen molar-refractivity contribution in [2.75, 3.05) is 10.6 Å². The second-order valence-electron chi connectivity index (χ2n) is 6.16. The summed E-state index contributed by atoms with van der Waals surface area (Å²) < 4.78 is 25.3. The number of sulfonamides is 1. The van der Waals surface area contributed by atoms with Gasteiger partial charge in [-0.15, -0.1) is 0 Å². The number of nitrogens with zero attached hydrogens (tertiary/aromatic N) is 1. The molecule has 0 unspecified atom stereocenters. The molecule has 0 fully saturated rings. The molecule has 0 radical (unpaired) electrons. The third-order valence-electron chi connectivity index (χ3n) is 4.10. The van der Waals surface area contributed by atoms with Crippen molar-refractivity contribution in [3.8, 4) is 0 Å². The average molecular weight is 360 g/mol. The highest BCUT2D eigenvalue weighted by Gasteiger charge is 2.32. The van der Waals surface area contributed by atoms with E-state index >= 15 is 0 Å². The number of anilines is 1. The molecule has 3 rings (SSSR count). The molecule has 2 aromatic carbocycles. The second-order valence-corrected chi connectivity index (χ2v) is 8.02. The van der Waals surface area contributed by atoms with Crippen LogP contribution in [0.2, 0.25) is 0 Å². The van der Waals surface area contributed by atoms with Gasteiger partial charge in [-0.3, -0.25) is 13.9 Å². The van der Waals surface area contributed by atoms with E-state index < -0.39 is 10.0 Å². The van der Waals surface area contributed by atoms with Crippen LogP contribution in [0.25, 0.3) is 0 Å². The standard InChI is InChI=1S/C18H20N2O4S/c1-13-10-16-11-15(8-9-17(16)20(13)25(2,22)23)18(21)19-24-12-14-6-4-3-5-7-14/h3-9,11,13H,10,12H2,1-2H3,(H,19,21)/t13-/m1/s1. The molecule has 7 heteroatoms. The summed E-state index contributed by atoms with van der Waals surface area (Å²) in [6.45, 7) is 2.13. The van der Waals surface area contributed by atoms with Gasteiger partial charge in [-0.25, -0.2) is 13.9 Å². The number of fused-ring (bicyclic) bond motifs is 1. The minimum absolute atomic E-state index is 0.155. The van der Waals surface area contributed by atoms with Crippen molar-refractivity contribution in [1.82, 2.24) is 5.48 Å². The van der Waals surface area contributed by atoms with Crippen molar-refractivity contribution >= 4 is 21.6 Å². The van der Waals surface area contributed by atoms with E-state index in [1.165, 1.54) is 10.6 Å².